The van der Waals surface area contributed by atoms with E-state index in [1.165, 1.54) is 7.11 Å². The van der Waals surface area contributed by atoms with E-state index in [-0.39, 0.29) is 37.0 Å². The third-order valence-corrected chi connectivity index (χ3v) is 7.47. The average molecular weight is 513 g/mol. The number of carbonyl (C=O) groups is 3. The number of morpholine rings is 1. The molecule has 2 aliphatic rings. The summed E-state index contributed by atoms with van der Waals surface area (Å²) in [6.07, 6.45) is 0.961. The summed E-state index contributed by atoms with van der Waals surface area (Å²) in [4.78, 5) is 43.8. The molecule has 0 radical (unpaired) electrons. The predicted molar refractivity (Wildman–Crippen MR) is 142 cm³/mol. The topological polar surface area (TPSA) is 76.2 Å². The van der Waals surface area contributed by atoms with Crippen LogP contribution in [0.5, 0.6) is 0 Å². The minimum Gasteiger partial charge on any atom is -0.467 e. The van der Waals surface area contributed by atoms with Crippen LogP contribution in [0.25, 0.3) is 0 Å². The van der Waals surface area contributed by atoms with Crippen LogP contribution in [-0.4, -0.2) is 72.6 Å². The molecule has 0 unspecified atom stereocenters. The summed E-state index contributed by atoms with van der Waals surface area (Å²) in [5.74, 6) is -1.35. The Morgan fingerprint density at radius 3 is 2.08 bits per heavy atom. The molecule has 5 rings (SSSR count). The highest BCUT2D eigenvalue weighted by Crippen LogP contribution is 2.33. The van der Waals surface area contributed by atoms with Gasteiger partial charge in [-0.2, -0.15) is 0 Å². The molecule has 38 heavy (non-hydrogen) atoms. The predicted octanol–water partition coefficient (Wildman–Crippen LogP) is 3.43. The number of methoxy groups -OCH3 is 1. The van der Waals surface area contributed by atoms with Gasteiger partial charge in [-0.15, -0.1) is 0 Å². The van der Waals surface area contributed by atoms with Crippen LogP contribution < -0.4 is 0 Å². The van der Waals surface area contributed by atoms with Gasteiger partial charge in [0.05, 0.1) is 31.7 Å². The van der Waals surface area contributed by atoms with Crippen LogP contribution >= 0.6 is 0 Å². The van der Waals surface area contributed by atoms with Crippen molar-refractivity contribution >= 4 is 17.8 Å². The number of hydrogen-bond donors (Lipinski definition) is 0. The fourth-order valence-corrected chi connectivity index (χ4v) is 5.74. The highest BCUT2D eigenvalue weighted by Gasteiger charge is 2.47. The van der Waals surface area contributed by atoms with Gasteiger partial charge in [-0.05, 0) is 23.1 Å². The Hall–Kier alpha value is -3.97. The zero-order valence-corrected chi connectivity index (χ0v) is 21.4. The molecule has 2 heterocycles. The Kier molecular flexibility index (Phi) is 7.84. The maximum atomic E-state index is 14.2. The lowest BCUT2D eigenvalue weighted by Gasteiger charge is -2.39. The van der Waals surface area contributed by atoms with Crippen molar-refractivity contribution in [2.45, 2.75) is 36.9 Å². The van der Waals surface area contributed by atoms with Crippen molar-refractivity contribution in [2.75, 3.05) is 26.9 Å². The number of benzene rings is 3. The first-order chi connectivity index (χ1) is 18.6. The molecule has 196 valence electrons. The van der Waals surface area contributed by atoms with Gasteiger partial charge >= 0.3 is 5.97 Å². The number of nitrogens with zero attached hydrogens (tertiary/aromatic N) is 2. The smallest absolute Gasteiger partial charge is 0.328 e. The fourth-order valence-electron chi connectivity index (χ4n) is 5.74. The average Bonchev–Trinajstić information content (AvgIpc) is 3.39. The molecular weight excluding hydrogens is 480 g/mol. The van der Waals surface area contributed by atoms with Gasteiger partial charge in [0.2, 0.25) is 11.8 Å². The lowest BCUT2D eigenvalue weighted by molar-refractivity contribution is -0.152. The Balaban J connectivity index is 1.46. The van der Waals surface area contributed by atoms with E-state index in [9.17, 15) is 14.4 Å². The van der Waals surface area contributed by atoms with Crippen molar-refractivity contribution in [3.8, 4) is 0 Å². The van der Waals surface area contributed by atoms with E-state index in [0.29, 0.717) is 19.4 Å². The maximum absolute atomic E-state index is 14.2. The fraction of sp³-hybridized carbons (Fsp3) is 0.323. The number of carbonyl (C=O) groups excluding carboxylic acids is 3. The summed E-state index contributed by atoms with van der Waals surface area (Å²) in [5, 5.41) is 0. The van der Waals surface area contributed by atoms with Crippen molar-refractivity contribution < 1.29 is 23.9 Å². The summed E-state index contributed by atoms with van der Waals surface area (Å²) < 4.78 is 10.7. The number of esters is 1. The van der Waals surface area contributed by atoms with Crippen molar-refractivity contribution in [3.05, 3.63) is 108 Å². The molecule has 0 spiro atoms. The van der Waals surface area contributed by atoms with Gasteiger partial charge in [0.1, 0.15) is 12.6 Å². The number of likely N-dealkylation sites (tertiary alicyclic amines) is 1. The molecular formula is C31H32N2O5. The second-order valence-corrected chi connectivity index (χ2v) is 9.83. The molecule has 0 N–H and O–H groups in total. The molecule has 2 saturated heterocycles. The van der Waals surface area contributed by atoms with E-state index in [1.54, 1.807) is 4.90 Å². The van der Waals surface area contributed by atoms with E-state index in [4.69, 9.17) is 9.47 Å². The van der Waals surface area contributed by atoms with Crippen molar-refractivity contribution in [2.24, 2.45) is 0 Å². The van der Waals surface area contributed by atoms with Gasteiger partial charge in [-0.3, -0.25) is 9.59 Å². The second-order valence-electron chi connectivity index (χ2n) is 9.83. The third kappa shape index (κ3) is 5.34. The third-order valence-electron chi connectivity index (χ3n) is 7.47. The second kappa shape index (κ2) is 11.6. The van der Waals surface area contributed by atoms with E-state index in [2.05, 4.69) is 0 Å². The Morgan fingerprint density at radius 1 is 0.921 bits per heavy atom. The molecule has 3 aromatic carbocycles. The molecule has 7 nitrogen and oxygen atoms in total. The molecule has 2 amide bonds. The normalized spacial score (nSPS) is 21.5. The quantitative estimate of drug-likeness (QED) is 0.454. The molecule has 0 saturated carbocycles. The van der Waals surface area contributed by atoms with Gasteiger partial charge in [0.15, 0.2) is 0 Å². The Morgan fingerprint density at radius 2 is 1.50 bits per heavy atom. The zero-order chi connectivity index (χ0) is 26.5. The number of hydrogen-bond acceptors (Lipinski definition) is 5. The summed E-state index contributed by atoms with van der Waals surface area (Å²) in [6.45, 7) is 0.658. The van der Waals surface area contributed by atoms with Crippen LogP contribution in [0, 0.1) is 0 Å². The maximum Gasteiger partial charge on any atom is 0.328 e. The van der Waals surface area contributed by atoms with Crippen LogP contribution in [0.3, 0.4) is 0 Å². The monoisotopic (exact) mass is 512 g/mol. The van der Waals surface area contributed by atoms with Crippen molar-refractivity contribution in [1.29, 1.82) is 0 Å². The number of rotatable bonds is 7. The van der Waals surface area contributed by atoms with Crippen LogP contribution in [0.15, 0.2) is 91.0 Å². The first kappa shape index (κ1) is 25.7. The lowest BCUT2D eigenvalue weighted by atomic mass is 9.90. The molecule has 2 aliphatic heterocycles. The zero-order valence-electron chi connectivity index (χ0n) is 21.4. The molecule has 3 aromatic rings. The van der Waals surface area contributed by atoms with Crippen LogP contribution in [0.4, 0.5) is 0 Å². The van der Waals surface area contributed by atoms with Gasteiger partial charge in [-0.1, -0.05) is 91.0 Å². The first-order valence-electron chi connectivity index (χ1n) is 13.0. The first-order valence-corrected chi connectivity index (χ1v) is 13.0. The minimum absolute atomic E-state index is 0.00468. The van der Waals surface area contributed by atoms with Crippen LogP contribution in [0.2, 0.25) is 0 Å². The number of amides is 2. The molecule has 3 atom stereocenters. The highest BCUT2D eigenvalue weighted by molar-refractivity contribution is 5.92. The number of ether oxygens (including phenoxy) is 2. The molecule has 2 fully saturated rings. The summed E-state index contributed by atoms with van der Waals surface area (Å²) in [6, 6.07) is 27.9. The van der Waals surface area contributed by atoms with Gasteiger partial charge in [0.25, 0.3) is 0 Å². The van der Waals surface area contributed by atoms with Crippen molar-refractivity contribution in [3.63, 3.8) is 0 Å². The standard InChI is InChI=1S/C31H32N2O5/c1-37-31(36)27-18-25(33-26(20-38-21-28(33)34)17-22-11-5-2-6-12-22)19-32(27)30(35)29(23-13-7-3-8-14-23)24-15-9-4-10-16-24/h2-16,25-27,29H,17-21H2,1H3/t25-,26-,27-/m0/s1. The molecule has 7 heteroatoms. The Labute approximate surface area is 223 Å². The highest BCUT2D eigenvalue weighted by atomic mass is 16.5. The lowest BCUT2D eigenvalue weighted by Crippen LogP contribution is -2.56. The SMILES string of the molecule is COC(=O)[C@@H]1C[C@H](N2C(=O)COC[C@@H]2Cc2ccccc2)CN1C(=O)C(c1ccccc1)c1ccccc1. The summed E-state index contributed by atoms with van der Waals surface area (Å²) >= 11 is 0. The summed E-state index contributed by atoms with van der Waals surface area (Å²) in [7, 11) is 1.34. The van der Waals surface area contributed by atoms with Gasteiger partial charge in [-0.25, -0.2) is 4.79 Å². The molecule has 0 aliphatic carbocycles. The summed E-state index contributed by atoms with van der Waals surface area (Å²) in [5.41, 5.74) is 2.80. The Bertz CT molecular complexity index is 1210. The van der Waals surface area contributed by atoms with Gasteiger partial charge < -0.3 is 19.3 Å². The molecule has 0 aromatic heterocycles. The van der Waals surface area contributed by atoms with Crippen LogP contribution in [-0.2, 0) is 30.3 Å². The van der Waals surface area contributed by atoms with Gasteiger partial charge in [0, 0.05) is 13.0 Å². The van der Waals surface area contributed by atoms with E-state index >= 15 is 0 Å². The molecule has 0 bridgehead atoms. The van der Waals surface area contributed by atoms with E-state index < -0.39 is 17.9 Å². The minimum atomic E-state index is -0.777. The van der Waals surface area contributed by atoms with Crippen molar-refractivity contribution in [1.82, 2.24) is 9.80 Å². The van der Waals surface area contributed by atoms with E-state index in [0.717, 1.165) is 16.7 Å². The van der Waals surface area contributed by atoms with Crippen LogP contribution in [0.1, 0.15) is 29.0 Å². The van der Waals surface area contributed by atoms with E-state index in [1.807, 2.05) is 95.9 Å². The largest absolute Gasteiger partial charge is 0.467 e.